The molecule has 150 valence electrons. The molecule has 0 aliphatic carbocycles. The number of anilines is 1. The second-order valence-electron chi connectivity index (χ2n) is 7.62. The zero-order valence-corrected chi connectivity index (χ0v) is 16.7. The van der Waals surface area contributed by atoms with Crippen LogP contribution >= 0.6 is 11.3 Å². The van der Waals surface area contributed by atoms with Crippen LogP contribution in [0.5, 0.6) is 0 Å². The fourth-order valence-corrected chi connectivity index (χ4v) is 5.51. The SMILES string of the molecule is Cc1c(C(=O)N2CCc3c(F)cc(F)cc32)sc2nc3n(c(=O)c12)CCCCC3. The van der Waals surface area contributed by atoms with E-state index in [1.54, 1.807) is 11.5 Å². The molecule has 8 heteroatoms. The Labute approximate surface area is 169 Å². The summed E-state index contributed by atoms with van der Waals surface area (Å²) in [5, 5.41) is 0.480. The molecule has 3 aromatic rings. The lowest BCUT2D eigenvalue weighted by molar-refractivity contribution is 0.0993. The van der Waals surface area contributed by atoms with E-state index in [0.717, 1.165) is 37.6 Å². The zero-order valence-electron chi connectivity index (χ0n) is 15.9. The van der Waals surface area contributed by atoms with E-state index in [2.05, 4.69) is 0 Å². The summed E-state index contributed by atoms with van der Waals surface area (Å²) >= 11 is 1.19. The average Bonchev–Trinajstić information content (AvgIpc) is 3.15. The van der Waals surface area contributed by atoms with Crippen molar-refractivity contribution in [1.29, 1.82) is 0 Å². The molecule has 0 spiro atoms. The van der Waals surface area contributed by atoms with E-state index in [-0.39, 0.29) is 23.7 Å². The number of thiophene rings is 1. The van der Waals surface area contributed by atoms with Gasteiger partial charge in [-0.05, 0) is 37.8 Å². The quantitative estimate of drug-likeness (QED) is 0.604. The van der Waals surface area contributed by atoms with Crippen LogP contribution < -0.4 is 10.5 Å². The van der Waals surface area contributed by atoms with Gasteiger partial charge in [0.25, 0.3) is 11.5 Å². The predicted octanol–water partition coefficient (Wildman–Crippen LogP) is 3.97. The Morgan fingerprint density at radius 3 is 2.79 bits per heavy atom. The first-order valence-electron chi connectivity index (χ1n) is 9.78. The summed E-state index contributed by atoms with van der Waals surface area (Å²) < 4.78 is 29.5. The summed E-state index contributed by atoms with van der Waals surface area (Å²) in [5.41, 5.74) is 1.12. The second kappa shape index (κ2) is 6.73. The Balaban J connectivity index is 1.62. The fraction of sp³-hybridized carbons (Fsp3) is 0.381. The number of amides is 1. The van der Waals surface area contributed by atoms with Crippen molar-refractivity contribution in [1.82, 2.24) is 9.55 Å². The summed E-state index contributed by atoms with van der Waals surface area (Å²) in [4.78, 5) is 33.4. The lowest BCUT2D eigenvalue weighted by Gasteiger charge is -2.17. The van der Waals surface area contributed by atoms with Crippen LogP contribution in [0, 0.1) is 18.6 Å². The molecule has 2 aliphatic rings. The van der Waals surface area contributed by atoms with Gasteiger partial charge in [0, 0.05) is 31.1 Å². The van der Waals surface area contributed by atoms with Crippen molar-refractivity contribution in [3.05, 3.63) is 55.9 Å². The second-order valence-corrected chi connectivity index (χ2v) is 8.62. The molecule has 0 unspecified atom stereocenters. The molecule has 2 aromatic heterocycles. The molecule has 5 rings (SSSR count). The van der Waals surface area contributed by atoms with Crippen molar-refractivity contribution in [3.63, 3.8) is 0 Å². The minimum absolute atomic E-state index is 0.0985. The van der Waals surface area contributed by atoms with Crippen molar-refractivity contribution in [2.24, 2.45) is 0 Å². The molecular weight excluding hydrogens is 396 g/mol. The Bertz CT molecular complexity index is 1230. The largest absolute Gasteiger partial charge is 0.307 e. The summed E-state index contributed by atoms with van der Waals surface area (Å²) in [6.45, 7) is 2.68. The van der Waals surface area contributed by atoms with Gasteiger partial charge in [-0.3, -0.25) is 14.2 Å². The number of aromatic nitrogens is 2. The number of halogens is 2. The zero-order chi connectivity index (χ0) is 20.3. The van der Waals surface area contributed by atoms with Crippen LogP contribution in [0.1, 0.15) is 45.9 Å². The van der Waals surface area contributed by atoms with Crippen LogP contribution in [-0.2, 0) is 19.4 Å². The third-order valence-electron chi connectivity index (χ3n) is 5.86. The van der Waals surface area contributed by atoms with E-state index in [1.807, 2.05) is 0 Å². The number of benzene rings is 1. The molecule has 0 radical (unpaired) electrons. The smallest absolute Gasteiger partial charge is 0.268 e. The van der Waals surface area contributed by atoms with Gasteiger partial charge in [0.05, 0.1) is 16.0 Å². The molecule has 1 amide bonds. The number of aryl methyl sites for hydroxylation is 2. The molecule has 0 atom stereocenters. The monoisotopic (exact) mass is 415 g/mol. The Morgan fingerprint density at radius 2 is 1.97 bits per heavy atom. The lowest BCUT2D eigenvalue weighted by atomic mass is 10.1. The van der Waals surface area contributed by atoms with Crippen LogP contribution in [0.2, 0.25) is 0 Å². The minimum atomic E-state index is -0.710. The highest BCUT2D eigenvalue weighted by molar-refractivity contribution is 7.20. The number of hydrogen-bond acceptors (Lipinski definition) is 4. The maximum absolute atomic E-state index is 14.1. The summed E-state index contributed by atoms with van der Waals surface area (Å²) in [6, 6.07) is 2.04. The normalized spacial score (nSPS) is 16.0. The molecule has 0 saturated heterocycles. The summed E-state index contributed by atoms with van der Waals surface area (Å²) in [5.74, 6) is -0.908. The Morgan fingerprint density at radius 1 is 1.14 bits per heavy atom. The molecule has 1 aromatic carbocycles. The van der Waals surface area contributed by atoms with Crippen LogP contribution in [0.4, 0.5) is 14.5 Å². The van der Waals surface area contributed by atoms with Crippen molar-refractivity contribution in [2.75, 3.05) is 11.4 Å². The summed E-state index contributed by atoms with van der Waals surface area (Å²) in [7, 11) is 0. The average molecular weight is 415 g/mol. The number of carbonyl (C=O) groups excluding carboxylic acids is 1. The van der Waals surface area contributed by atoms with E-state index < -0.39 is 11.6 Å². The van der Waals surface area contributed by atoms with Crippen LogP contribution in [0.15, 0.2) is 16.9 Å². The van der Waals surface area contributed by atoms with Gasteiger partial charge in [-0.1, -0.05) is 6.42 Å². The van der Waals surface area contributed by atoms with E-state index in [1.165, 1.54) is 22.3 Å². The van der Waals surface area contributed by atoms with E-state index >= 15 is 0 Å². The Hall–Kier alpha value is -2.61. The predicted molar refractivity (Wildman–Crippen MR) is 108 cm³/mol. The topological polar surface area (TPSA) is 55.2 Å². The Kier molecular flexibility index (Phi) is 4.27. The van der Waals surface area contributed by atoms with Gasteiger partial charge in [-0.15, -0.1) is 11.3 Å². The van der Waals surface area contributed by atoms with Gasteiger partial charge in [0.15, 0.2) is 0 Å². The van der Waals surface area contributed by atoms with Crippen LogP contribution in [0.25, 0.3) is 10.2 Å². The maximum atomic E-state index is 14.1. The first-order valence-corrected chi connectivity index (χ1v) is 10.6. The molecule has 5 nitrogen and oxygen atoms in total. The number of nitrogens with zero attached hydrogens (tertiary/aromatic N) is 3. The van der Waals surface area contributed by atoms with E-state index in [4.69, 9.17) is 4.98 Å². The van der Waals surface area contributed by atoms with Crippen molar-refractivity contribution < 1.29 is 13.6 Å². The lowest BCUT2D eigenvalue weighted by Crippen LogP contribution is -2.29. The van der Waals surface area contributed by atoms with Gasteiger partial charge < -0.3 is 4.90 Å². The first-order chi connectivity index (χ1) is 14.0. The van der Waals surface area contributed by atoms with Gasteiger partial charge in [-0.2, -0.15) is 0 Å². The highest BCUT2D eigenvalue weighted by Gasteiger charge is 2.31. The van der Waals surface area contributed by atoms with Gasteiger partial charge >= 0.3 is 0 Å². The number of hydrogen-bond donors (Lipinski definition) is 0. The van der Waals surface area contributed by atoms with Crippen molar-refractivity contribution in [2.45, 2.75) is 45.6 Å². The molecule has 0 fully saturated rings. The van der Waals surface area contributed by atoms with Crippen LogP contribution in [-0.4, -0.2) is 22.0 Å². The number of fused-ring (bicyclic) bond motifs is 3. The molecule has 4 heterocycles. The third kappa shape index (κ3) is 2.80. The van der Waals surface area contributed by atoms with E-state index in [0.29, 0.717) is 39.2 Å². The summed E-state index contributed by atoms with van der Waals surface area (Å²) in [6.07, 6.45) is 4.10. The van der Waals surface area contributed by atoms with Crippen molar-refractivity contribution in [3.8, 4) is 0 Å². The van der Waals surface area contributed by atoms with Gasteiger partial charge in [0.1, 0.15) is 22.3 Å². The van der Waals surface area contributed by atoms with Gasteiger partial charge in [0.2, 0.25) is 0 Å². The van der Waals surface area contributed by atoms with Crippen LogP contribution in [0.3, 0.4) is 0 Å². The molecule has 29 heavy (non-hydrogen) atoms. The molecule has 0 N–H and O–H groups in total. The number of carbonyl (C=O) groups is 1. The maximum Gasteiger partial charge on any atom is 0.268 e. The standard InChI is InChI=1S/C21H19F2N3O2S/c1-11-17-19(24-16-5-3-2-4-7-26(16)20(17)27)29-18(11)21(28)25-8-6-13-14(23)9-12(22)10-15(13)25/h9-10H,2-8H2,1H3. The minimum Gasteiger partial charge on any atom is -0.307 e. The number of rotatable bonds is 1. The van der Waals surface area contributed by atoms with Crippen molar-refractivity contribution >= 4 is 33.1 Å². The van der Waals surface area contributed by atoms with Gasteiger partial charge in [-0.25, -0.2) is 13.8 Å². The third-order valence-corrected chi connectivity index (χ3v) is 7.04. The molecular formula is C21H19F2N3O2S. The highest BCUT2D eigenvalue weighted by atomic mass is 32.1. The van der Waals surface area contributed by atoms with E-state index in [9.17, 15) is 18.4 Å². The highest BCUT2D eigenvalue weighted by Crippen LogP contribution is 2.35. The molecule has 0 bridgehead atoms. The molecule has 0 saturated carbocycles. The first kappa shape index (κ1) is 18.4. The fourth-order valence-electron chi connectivity index (χ4n) is 4.37. The molecule has 2 aliphatic heterocycles.